The molecule has 0 radical (unpaired) electrons. The van der Waals surface area contributed by atoms with Gasteiger partial charge in [-0.1, -0.05) is 24.3 Å². The predicted molar refractivity (Wildman–Crippen MR) is 69.0 cm³/mol. The molecule has 14 heavy (non-hydrogen) atoms. The van der Waals surface area contributed by atoms with Crippen molar-refractivity contribution in [1.29, 1.82) is 0 Å². The Morgan fingerprint density at radius 2 is 1.86 bits per heavy atom. The lowest BCUT2D eigenvalue weighted by molar-refractivity contribution is 0.600. The van der Waals surface area contributed by atoms with Crippen molar-refractivity contribution in [2.45, 2.75) is 4.90 Å². The summed E-state index contributed by atoms with van der Waals surface area (Å²) in [5.74, 6) is 0. The SMILES string of the molecule is C[S+]([O-])c1ccc2ccccc2c1I. The van der Waals surface area contributed by atoms with Crippen LogP contribution in [0.15, 0.2) is 41.3 Å². The summed E-state index contributed by atoms with van der Waals surface area (Å²) in [6, 6.07) is 12.1. The molecule has 0 spiro atoms. The van der Waals surface area contributed by atoms with Crippen molar-refractivity contribution >= 4 is 44.5 Å². The summed E-state index contributed by atoms with van der Waals surface area (Å²) in [5.41, 5.74) is 0. The lowest BCUT2D eigenvalue weighted by Gasteiger charge is -2.08. The fraction of sp³-hybridized carbons (Fsp3) is 0.0909. The molecule has 3 heteroatoms. The Morgan fingerprint density at radius 1 is 1.14 bits per heavy atom. The van der Waals surface area contributed by atoms with Crippen molar-refractivity contribution in [2.24, 2.45) is 0 Å². The molecule has 0 saturated carbocycles. The highest BCUT2D eigenvalue weighted by Crippen LogP contribution is 2.26. The zero-order valence-corrected chi connectivity index (χ0v) is 10.6. The minimum atomic E-state index is -0.904. The zero-order valence-electron chi connectivity index (χ0n) is 7.66. The van der Waals surface area contributed by atoms with Crippen LogP contribution >= 0.6 is 22.6 Å². The minimum Gasteiger partial charge on any atom is -0.612 e. The highest BCUT2D eigenvalue weighted by Gasteiger charge is 2.11. The lowest BCUT2D eigenvalue weighted by atomic mass is 10.1. The summed E-state index contributed by atoms with van der Waals surface area (Å²) in [6.07, 6.45) is 1.71. The molecule has 1 unspecified atom stereocenters. The Hall–Kier alpha value is -0.260. The molecule has 0 fully saturated rings. The largest absolute Gasteiger partial charge is 0.612 e. The second-order valence-electron chi connectivity index (χ2n) is 3.05. The summed E-state index contributed by atoms with van der Waals surface area (Å²) in [7, 11) is 0. The van der Waals surface area contributed by atoms with Gasteiger partial charge in [-0.2, -0.15) is 0 Å². The summed E-state index contributed by atoms with van der Waals surface area (Å²) >= 11 is 1.36. The molecule has 0 N–H and O–H groups in total. The van der Waals surface area contributed by atoms with E-state index in [9.17, 15) is 4.55 Å². The predicted octanol–water partition coefficient (Wildman–Crippen LogP) is 3.18. The summed E-state index contributed by atoms with van der Waals surface area (Å²) in [4.78, 5) is 0.921. The third kappa shape index (κ3) is 1.76. The van der Waals surface area contributed by atoms with Crippen LogP contribution in [-0.2, 0) is 11.2 Å². The van der Waals surface area contributed by atoms with Crippen LogP contribution in [0.4, 0.5) is 0 Å². The molecule has 2 aromatic carbocycles. The zero-order chi connectivity index (χ0) is 10.1. The van der Waals surface area contributed by atoms with E-state index in [0.29, 0.717) is 0 Å². The van der Waals surface area contributed by atoms with Gasteiger partial charge < -0.3 is 4.55 Å². The van der Waals surface area contributed by atoms with E-state index in [1.807, 2.05) is 24.3 Å². The number of rotatable bonds is 1. The van der Waals surface area contributed by atoms with E-state index in [1.165, 1.54) is 10.8 Å². The van der Waals surface area contributed by atoms with Gasteiger partial charge in [0, 0.05) is 5.39 Å². The molecular weight excluding hydrogens is 307 g/mol. The number of hydrogen-bond acceptors (Lipinski definition) is 1. The molecule has 0 aliphatic heterocycles. The molecule has 1 nitrogen and oxygen atoms in total. The first-order chi connectivity index (χ1) is 6.70. The Morgan fingerprint density at radius 3 is 2.57 bits per heavy atom. The van der Waals surface area contributed by atoms with Gasteiger partial charge in [-0.05, 0) is 51.3 Å². The molecule has 0 bridgehead atoms. The number of halogens is 1. The minimum absolute atomic E-state index is 0.904. The topological polar surface area (TPSA) is 23.1 Å². The van der Waals surface area contributed by atoms with Crippen molar-refractivity contribution in [3.8, 4) is 0 Å². The second-order valence-corrected chi connectivity index (χ2v) is 5.48. The molecule has 2 rings (SSSR count). The van der Waals surface area contributed by atoms with E-state index in [4.69, 9.17) is 0 Å². The van der Waals surface area contributed by atoms with Crippen molar-refractivity contribution in [3.63, 3.8) is 0 Å². The second kappa shape index (κ2) is 4.08. The first-order valence-corrected chi connectivity index (χ1v) is 6.84. The van der Waals surface area contributed by atoms with Gasteiger partial charge in [0.15, 0.2) is 4.90 Å². The quantitative estimate of drug-likeness (QED) is 0.585. The Bertz CT molecular complexity index is 468. The van der Waals surface area contributed by atoms with E-state index in [-0.39, 0.29) is 0 Å². The Labute approximate surface area is 99.8 Å². The summed E-state index contributed by atoms with van der Waals surface area (Å²) in [6.45, 7) is 0. The van der Waals surface area contributed by atoms with Crippen LogP contribution in [0.2, 0.25) is 0 Å². The third-order valence-electron chi connectivity index (χ3n) is 2.14. The molecule has 2 aromatic rings. The number of hydrogen-bond donors (Lipinski definition) is 0. The smallest absolute Gasteiger partial charge is 0.166 e. The van der Waals surface area contributed by atoms with E-state index >= 15 is 0 Å². The van der Waals surface area contributed by atoms with Gasteiger partial charge in [0.1, 0.15) is 6.26 Å². The normalized spacial score (nSPS) is 13.1. The maximum atomic E-state index is 11.4. The number of benzene rings is 2. The van der Waals surface area contributed by atoms with Gasteiger partial charge >= 0.3 is 0 Å². The van der Waals surface area contributed by atoms with Crippen LogP contribution in [-0.4, -0.2) is 10.8 Å². The van der Waals surface area contributed by atoms with E-state index in [2.05, 4.69) is 34.7 Å². The average molecular weight is 316 g/mol. The van der Waals surface area contributed by atoms with E-state index < -0.39 is 11.2 Å². The molecule has 0 aromatic heterocycles. The van der Waals surface area contributed by atoms with Crippen LogP contribution in [0.25, 0.3) is 10.8 Å². The van der Waals surface area contributed by atoms with Crippen LogP contribution < -0.4 is 0 Å². The fourth-order valence-corrected chi connectivity index (χ4v) is 3.66. The van der Waals surface area contributed by atoms with Gasteiger partial charge in [-0.25, -0.2) is 0 Å². The van der Waals surface area contributed by atoms with E-state index in [0.717, 1.165) is 8.47 Å². The highest BCUT2D eigenvalue weighted by molar-refractivity contribution is 14.1. The number of fused-ring (bicyclic) bond motifs is 1. The molecule has 0 aliphatic carbocycles. The third-order valence-corrected chi connectivity index (χ3v) is 4.63. The summed E-state index contributed by atoms with van der Waals surface area (Å²) < 4.78 is 12.5. The molecular formula is C11H9IOS. The Balaban J connectivity index is 2.75. The first-order valence-electron chi connectivity index (χ1n) is 4.21. The standard InChI is InChI=1S/C11H9IOS/c1-14(13)10-7-6-8-4-2-3-5-9(8)11(10)12/h2-7H,1H3. The van der Waals surface area contributed by atoms with Gasteiger partial charge in [0.05, 0.1) is 3.57 Å². The lowest BCUT2D eigenvalue weighted by Crippen LogP contribution is -2.00. The summed E-state index contributed by atoms with van der Waals surface area (Å²) in [5, 5.41) is 2.38. The Kier molecular flexibility index (Phi) is 2.99. The highest BCUT2D eigenvalue weighted by atomic mass is 127. The maximum Gasteiger partial charge on any atom is 0.166 e. The molecule has 0 saturated heterocycles. The monoisotopic (exact) mass is 316 g/mol. The van der Waals surface area contributed by atoms with Crippen molar-refractivity contribution in [3.05, 3.63) is 40.0 Å². The van der Waals surface area contributed by atoms with Crippen molar-refractivity contribution in [2.75, 3.05) is 6.26 Å². The fourth-order valence-electron chi connectivity index (χ4n) is 1.44. The molecule has 72 valence electrons. The van der Waals surface area contributed by atoms with Gasteiger partial charge in [-0.15, -0.1) is 0 Å². The molecule has 0 aliphatic rings. The van der Waals surface area contributed by atoms with Crippen LogP contribution in [0.3, 0.4) is 0 Å². The van der Waals surface area contributed by atoms with Crippen LogP contribution in [0.5, 0.6) is 0 Å². The van der Waals surface area contributed by atoms with Gasteiger partial charge in [-0.3, -0.25) is 0 Å². The van der Waals surface area contributed by atoms with Gasteiger partial charge in [0.2, 0.25) is 0 Å². The molecule has 1 atom stereocenters. The molecule has 0 heterocycles. The van der Waals surface area contributed by atoms with Crippen LogP contribution in [0.1, 0.15) is 0 Å². The molecule has 0 amide bonds. The van der Waals surface area contributed by atoms with Crippen LogP contribution in [0, 0.1) is 3.57 Å². The van der Waals surface area contributed by atoms with Crippen molar-refractivity contribution in [1.82, 2.24) is 0 Å². The van der Waals surface area contributed by atoms with Crippen molar-refractivity contribution < 1.29 is 4.55 Å². The maximum absolute atomic E-state index is 11.4. The van der Waals surface area contributed by atoms with Gasteiger partial charge in [0.25, 0.3) is 0 Å². The first kappa shape index (κ1) is 10.3. The average Bonchev–Trinajstić information content (AvgIpc) is 2.18. The van der Waals surface area contributed by atoms with E-state index in [1.54, 1.807) is 6.26 Å².